The number of alkyl halides is 1. The molecule has 0 aliphatic carbocycles. The Labute approximate surface area is 443 Å². The second-order valence-corrected chi connectivity index (χ2v) is 21.5. The van der Waals surface area contributed by atoms with E-state index in [1.54, 1.807) is 38.4 Å². The van der Waals surface area contributed by atoms with Crippen molar-refractivity contribution in [2.75, 3.05) is 20.0 Å². The summed E-state index contributed by atoms with van der Waals surface area (Å²) in [5, 5.41) is 45.1. The molecular formula is C54H74ClN9O11. The van der Waals surface area contributed by atoms with Crippen molar-refractivity contribution in [3.8, 4) is 5.75 Å². The molecule has 5 rings (SSSR count). The molecule has 2 aliphatic heterocycles. The molecule has 1 unspecified atom stereocenters. The van der Waals surface area contributed by atoms with Gasteiger partial charge in [-0.3, -0.25) is 43.7 Å². The van der Waals surface area contributed by atoms with Gasteiger partial charge in [-0.1, -0.05) is 69.7 Å². The van der Waals surface area contributed by atoms with Crippen LogP contribution in [0.25, 0.3) is 10.9 Å². The highest BCUT2D eigenvalue weighted by Gasteiger charge is 2.43. The molecule has 0 radical (unpaired) electrons. The van der Waals surface area contributed by atoms with Crippen LogP contribution in [-0.4, -0.2) is 144 Å². The molecule has 2 aromatic carbocycles. The summed E-state index contributed by atoms with van der Waals surface area (Å²) >= 11 is 6.19. The Morgan fingerprint density at radius 1 is 0.813 bits per heavy atom. The molecule has 8 atom stereocenters. The largest absolute Gasteiger partial charge is 0.502 e. The minimum absolute atomic E-state index is 0.0193. The van der Waals surface area contributed by atoms with Crippen molar-refractivity contribution in [3.63, 3.8) is 0 Å². The van der Waals surface area contributed by atoms with Gasteiger partial charge in [-0.25, -0.2) is 0 Å². The number of likely N-dealkylation sites (N-methyl/N-ethyl adjacent to an activating group) is 2. The van der Waals surface area contributed by atoms with Crippen molar-refractivity contribution in [1.29, 1.82) is 0 Å². The van der Waals surface area contributed by atoms with Crippen LogP contribution in [0.1, 0.15) is 99.1 Å². The number of nitro benzene ring substituents is 1. The van der Waals surface area contributed by atoms with E-state index in [0.29, 0.717) is 22.0 Å². The number of hydrogen-bond donors (Lipinski definition) is 6. The molecule has 0 spiro atoms. The van der Waals surface area contributed by atoms with Crippen LogP contribution in [0.2, 0.25) is 0 Å². The Morgan fingerprint density at radius 2 is 1.41 bits per heavy atom. The fourth-order valence-electron chi connectivity index (χ4n) is 9.64. The number of phenolic OH excluding ortho intramolecular Hbond substituents is 1. The van der Waals surface area contributed by atoms with Gasteiger partial charge >= 0.3 is 5.69 Å². The number of phenols is 1. The minimum Gasteiger partial charge on any atom is -0.502 e. The molecule has 408 valence electrons. The summed E-state index contributed by atoms with van der Waals surface area (Å²) in [5.41, 5.74) is 0.506. The van der Waals surface area contributed by atoms with Crippen molar-refractivity contribution in [1.82, 2.24) is 40.5 Å². The number of aliphatic hydroxyl groups excluding tert-OH is 1. The quantitative estimate of drug-likeness (QED) is 0.0564. The molecule has 21 heteroatoms. The topological polar surface area (TPSA) is 266 Å². The number of carbonyl (C=O) groups is 7. The Morgan fingerprint density at radius 3 is 2.04 bits per heavy atom. The molecule has 2 aliphatic rings. The van der Waals surface area contributed by atoms with Gasteiger partial charge in [0, 0.05) is 56.3 Å². The van der Waals surface area contributed by atoms with E-state index in [1.165, 1.54) is 41.8 Å². The molecule has 3 heterocycles. The number of rotatable bonds is 14. The molecule has 1 aromatic heterocycles. The number of hydrogen-bond acceptors (Lipinski definition) is 11. The Bertz CT molecular complexity index is 2700. The number of allylic oxidation sites excluding steroid dienone is 1. The molecule has 3 aromatic rings. The van der Waals surface area contributed by atoms with Crippen LogP contribution in [0.15, 0.2) is 72.6 Å². The highest BCUT2D eigenvalue weighted by Crippen LogP contribution is 2.33. The number of benzene rings is 2. The van der Waals surface area contributed by atoms with Crippen LogP contribution in [0, 0.1) is 22.0 Å². The van der Waals surface area contributed by atoms with E-state index in [9.17, 15) is 49.1 Å². The number of carbonyl (C=O) groups excluding carboxylic acids is 7. The lowest BCUT2D eigenvalue weighted by molar-refractivity contribution is -0.385. The lowest BCUT2D eigenvalue weighted by Crippen LogP contribution is -2.60. The second kappa shape index (κ2) is 25.2. The number of fused-ring (bicyclic) bond motifs is 3. The van der Waals surface area contributed by atoms with Crippen molar-refractivity contribution < 1.29 is 48.7 Å². The zero-order valence-corrected chi connectivity index (χ0v) is 45.5. The van der Waals surface area contributed by atoms with E-state index in [4.69, 9.17) is 11.6 Å². The maximum atomic E-state index is 15.4. The Hall–Kier alpha value is -6.80. The van der Waals surface area contributed by atoms with Gasteiger partial charge in [-0.2, -0.15) is 0 Å². The van der Waals surface area contributed by atoms with Gasteiger partial charge < -0.3 is 50.7 Å². The van der Waals surface area contributed by atoms with E-state index >= 15 is 4.79 Å². The van der Waals surface area contributed by atoms with Gasteiger partial charge in [0.05, 0.1) is 22.4 Å². The fourth-order valence-corrected chi connectivity index (χ4v) is 10.0. The van der Waals surface area contributed by atoms with E-state index in [-0.39, 0.29) is 61.8 Å². The summed E-state index contributed by atoms with van der Waals surface area (Å²) in [7, 11) is 2.81. The average molecular weight is 1060 g/mol. The average Bonchev–Trinajstić information content (AvgIpc) is 3.73. The van der Waals surface area contributed by atoms with Gasteiger partial charge in [0.1, 0.15) is 42.3 Å². The summed E-state index contributed by atoms with van der Waals surface area (Å²) in [5.74, 6) is -6.16. The van der Waals surface area contributed by atoms with Crippen LogP contribution in [0.5, 0.6) is 5.75 Å². The Kier molecular flexibility index (Phi) is 19.8. The smallest absolute Gasteiger partial charge is 0.310 e. The molecule has 2 bridgehead atoms. The maximum absolute atomic E-state index is 15.4. The first-order valence-corrected chi connectivity index (χ1v) is 25.9. The minimum atomic E-state index is -1.53. The zero-order chi connectivity index (χ0) is 55.8. The number of para-hydroxylation sites is 1. The summed E-state index contributed by atoms with van der Waals surface area (Å²) < 4.78 is 1.86. The first-order valence-electron chi connectivity index (χ1n) is 25.4. The van der Waals surface area contributed by atoms with Gasteiger partial charge in [-0.15, -0.1) is 11.6 Å². The lowest BCUT2D eigenvalue weighted by atomic mass is 9.95. The van der Waals surface area contributed by atoms with Crippen molar-refractivity contribution in [3.05, 3.63) is 93.8 Å². The highest BCUT2D eigenvalue weighted by molar-refractivity contribution is 6.18. The van der Waals surface area contributed by atoms with Gasteiger partial charge in [0.2, 0.25) is 41.4 Å². The first-order chi connectivity index (χ1) is 35.2. The van der Waals surface area contributed by atoms with Crippen LogP contribution in [-0.2, 0) is 51.9 Å². The summed E-state index contributed by atoms with van der Waals surface area (Å²) in [6.07, 6.45) is 5.50. The molecule has 75 heavy (non-hydrogen) atoms. The molecule has 1 saturated heterocycles. The van der Waals surface area contributed by atoms with Crippen LogP contribution >= 0.6 is 11.6 Å². The van der Waals surface area contributed by atoms with Crippen molar-refractivity contribution in [2.24, 2.45) is 11.8 Å². The molecule has 7 amide bonds. The van der Waals surface area contributed by atoms with Gasteiger partial charge in [-0.05, 0) is 95.4 Å². The number of halogens is 1. The normalized spacial score (nSPS) is 23.8. The number of amides is 7. The van der Waals surface area contributed by atoms with Gasteiger partial charge in [0.25, 0.3) is 0 Å². The number of aromatic nitrogens is 1. The third-order valence-electron chi connectivity index (χ3n) is 14.1. The second-order valence-electron chi connectivity index (χ2n) is 21.2. The lowest BCUT2D eigenvalue weighted by Gasteiger charge is -2.39. The van der Waals surface area contributed by atoms with Crippen molar-refractivity contribution >= 4 is 69.5 Å². The number of aliphatic hydroxyl groups is 1. The molecule has 0 saturated carbocycles. The van der Waals surface area contributed by atoms with E-state index in [1.807, 2.05) is 70.4 Å². The predicted octanol–water partition coefficient (Wildman–Crippen LogP) is 4.56. The summed E-state index contributed by atoms with van der Waals surface area (Å²) in [6, 6.07) is 1.72. The molecular weight excluding hydrogens is 986 g/mol. The third-order valence-corrected chi connectivity index (χ3v) is 14.4. The highest BCUT2D eigenvalue weighted by atomic mass is 35.5. The SMILES string of the molecule is C/C=C/C[C@@H]1NC(=O)[C@H](CC(C)C)N2C=C(C)C[C@@H](C2=O)N(C)C(=O)[C@H](C)NC(=O)[C@H](Cc2ccc(O)c([N+](=O)[O-])c2)NC(=O)[C@H](CC(C)C)N(C)C(=O)[C@H](Cc2cn(C(C)(C)C(O)CCl)c3ccccc23)NC1=O. The molecule has 1 fully saturated rings. The summed E-state index contributed by atoms with van der Waals surface area (Å²) in [4.78, 5) is 118. The zero-order valence-electron chi connectivity index (χ0n) is 44.8. The molecule has 6 N–H and O–H groups in total. The number of nitro groups is 1. The van der Waals surface area contributed by atoms with E-state index in [0.717, 1.165) is 12.1 Å². The van der Waals surface area contributed by atoms with Crippen LogP contribution in [0.4, 0.5) is 5.69 Å². The maximum Gasteiger partial charge on any atom is 0.310 e. The van der Waals surface area contributed by atoms with Gasteiger partial charge in [0.15, 0.2) is 5.75 Å². The van der Waals surface area contributed by atoms with Crippen LogP contribution < -0.4 is 21.3 Å². The number of nitrogens with one attached hydrogen (secondary N) is 4. The molecule has 20 nitrogen and oxygen atoms in total. The predicted molar refractivity (Wildman–Crippen MR) is 284 cm³/mol. The number of nitrogens with zero attached hydrogens (tertiary/aromatic N) is 5. The van der Waals surface area contributed by atoms with E-state index < -0.39 is 112 Å². The van der Waals surface area contributed by atoms with Crippen LogP contribution in [0.3, 0.4) is 0 Å². The standard InChI is InChI=1S/C54H74ClN9O11/c1-12-13-17-37-47(67)59-39(26-35-29-63(54(8,9)46(66)27-55)40-18-15-14-16-36(35)40)52(72)60(10)42(21-30(2)3)49(69)58-38(24-34-19-20-45(65)41(25-34)64(74)75)48(68)56-33(7)51(71)61(11)44-23-32(6)28-62(53(44)73)43(22-31(4)5)50(70)57-37/h12-16,18-20,25,28-31,33,37-39,42-44,46,65-66H,17,21-24,26-27H2,1-11H3,(H,56,68)(H,57,70)(H,58,69)(H,59,67)/b13-12+/t33-,37-,38-,39-,42-,43-,44-,46?/m0/s1. The summed E-state index contributed by atoms with van der Waals surface area (Å²) in [6.45, 7) is 15.9. The fraction of sp³-hybridized carbons (Fsp3) is 0.537. The third kappa shape index (κ3) is 13.9. The Balaban J connectivity index is 1.72. The number of aromatic hydroxyl groups is 1. The van der Waals surface area contributed by atoms with Crippen molar-refractivity contribution in [2.45, 2.75) is 155 Å². The van der Waals surface area contributed by atoms with E-state index in [2.05, 4.69) is 21.3 Å². The monoisotopic (exact) mass is 1060 g/mol. The first kappa shape index (κ1) is 59.1.